The smallest absolute Gasteiger partial charge is 0.335 e. The first-order chi connectivity index (χ1) is 42.6. The van der Waals surface area contributed by atoms with E-state index in [0.717, 1.165) is 116 Å². The van der Waals surface area contributed by atoms with Crippen LogP contribution in [-0.4, -0.2) is 89.2 Å². The van der Waals surface area contributed by atoms with Gasteiger partial charge in [-0.05, 0) is 96.3 Å². The average Bonchev–Trinajstić information content (AvgIpc) is 2.60. The zero-order valence-corrected chi connectivity index (χ0v) is 54.7. The number of aliphatic carboxylic acids is 1. The highest BCUT2D eigenvalue weighted by Crippen LogP contribution is 2.26. The van der Waals surface area contributed by atoms with Gasteiger partial charge >= 0.3 is 23.9 Å². The Morgan fingerprint density at radius 1 is 0.391 bits per heavy atom. The van der Waals surface area contributed by atoms with Crippen LogP contribution in [0.4, 0.5) is 0 Å². The minimum atomic E-state index is -1.94. The maximum absolute atomic E-state index is 13.2. The van der Waals surface area contributed by atoms with Crippen molar-refractivity contribution in [2.45, 2.75) is 314 Å². The number of unbranched alkanes of at least 4 members (excludes halogenated alkanes) is 24. The van der Waals surface area contributed by atoms with Crippen LogP contribution in [0.1, 0.15) is 278 Å². The number of hydrogen-bond acceptors (Lipinski definition) is 11. The van der Waals surface area contributed by atoms with Crippen LogP contribution in [0.3, 0.4) is 0 Å². The molecule has 1 heterocycles. The lowest BCUT2D eigenvalue weighted by Gasteiger charge is -2.40. The van der Waals surface area contributed by atoms with Gasteiger partial charge in [-0.1, -0.05) is 284 Å². The Hall–Kier alpha value is -4.88. The molecule has 0 bridgehead atoms. The quantitative estimate of drug-likeness (QED) is 0.0228. The number of aliphatic hydroxyl groups excluding tert-OH is 2. The Bertz CT molecular complexity index is 1970. The second kappa shape index (κ2) is 61.4. The number of carbonyl (C=O) groups excluding carboxylic acids is 3. The van der Waals surface area contributed by atoms with E-state index in [1.54, 1.807) is 0 Å². The van der Waals surface area contributed by atoms with Gasteiger partial charge in [0.25, 0.3) is 0 Å². The third-order valence-electron chi connectivity index (χ3n) is 15.0. The Morgan fingerprint density at radius 3 is 1.15 bits per heavy atom. The molecule has 1 saturated heterocycles. The topological polar surface area (TPSA) is 175 Å². The van der Waals surface area contributed by atoms with Crippen LogP contribution in [-0.2, 0) is 42.9 Å². The van der Waals surface area contributed by atoms with Crippen LogP contribution < -0.4 is 0 Å². The second-order valence-electron chi connectivity index (χ2n) is 23.1. The first kappa shape index (κ1) is 80.1. The number of allylic oxidation sites excluding steroid dienone is 20. The zero-order chi connectivity index (χ0) is 63.1. The molecule has 0 aromatic heterocycles. The normalized spacial score (nSPS) is 18.1. The van der Waals surface area contributed by atoms with Crippen LogP contribution in [0.5, 0.6) is 0 Å². The molecule has 0 saturated carbocycles. The van der Waals surface area contributed by atoms with Crippen molar-refractivity contribution in [3.8, 4) is 0 Å². The molecule has 1 aliphatic rings. The summed E-state index contributed by atoms with van der Waals surface area (Å²) in [5.74, 6) is -3.24. The number of rotatable bonds is 58. The number of carboxylic acids is 1. The van der Waals surface area contributed by atoms with E-state index in [0.29, 0.717) is 25.7 Å². The average molecular weight is 1220 g/mol. The predicted molar refractivity (Wildman–Crippen MR) is 358 cm³/mol. The van der Waals surface area contributed by atoms with Gasteiger partial charge in [0.05, 0.1) is 6.61 Å². The van der Waals surface area contributed by atoms with Crippen molar-refractivity contribution in [2.75, 3.05) is 13.2 Å². The molecule has 0 aromatic carbocycles. The first-order valence-electron chi connectivity index (χ1n) is 34.5. The fourth-order valence-corrected chi connectivity index (χ4v) is 9.86. The van der Waals surface area contributed by atoms with Crippen molar-refractivity contribution < 1.29 is 58.2 Å². The number of hydrogen-bond donors (Lipinski definition) is 3. The molecule has 1 fully saturated rings. The van der Waals surface area contributed by atoms with E-state index in [9.17, 15) is 34.5 Å². The van der Waals surface area contributed by atoms with Crippen LogP contribution in [0, 0.1) is 0 Å². The van der Waals surface area contributed by atoms with Crippen molar-refractivity contribution in [1.82, 2.24) is 0 Å². The molecule has 3 N–H and O–H groups in total. The van der Waals surface area contributed by atoms with E-state index < -0.39 is 67.3 Å². The summed E-state index contributed by atoms with van der Waals surface area (Å²) >= 11 is 0. The maximum Gasteiger partial charge on any atom is 0.335 e. The highest BCUT2D eigenvalue weighted by molar-refractivity contribution is 5.74. The van der Waals surface area contributed by atoms with Gasteiger partial charge in [0.1, 0.15) is 18.8 Å². The van der Waals surface area contributed by atoms with Gasteiger partial charge < -0.3 is 39.0 Å². The van der Waals surface area contributed by atoms with E-state index in [4.69, 9.17) is 23.7 Å². The SMILES string of the molecule is CC/C=C\C/C=C\C/C=C\C/C=C\C/C=C\C/C=C\CCC(=O)OC1C(OCC(COC(=O)CCCCCCCC/C=C\C/C=C\C/C=C\C/C=C\CC)OC(=O)CCCCCCCCCCCCCCCCCCCCC)OC(C(=O)O)C(O)C1O. The summed E-state index contributed by atoms with van der Waals surface area (Å²) < 4.78 is 28.5. The van der Waals surface area contributed by atoms with Gasteiger partial charge in [0, 0.05) is 19.3 Å². The van der Waals surface area contributed by atoms with Gasteiger partial charge in [-0.3, -0.25) is 14.4 Å². The van der Waals surface area contributed by atoms with Crippen LogP contribution in [0.25, 0.3) is 0 Å². The molecule has 0 aliphatic carbocycles. The summed E-state index contributed by atoms with van der Waals surface area (Å²) in [6.45, 7) is 5.76. The molecular formula is C75H122O12. The molecule has 6 unspecified atom stereocenters. The molecule has 1 rings (SSSR count). The summed E-state index contributed by atoms with van der Waals surface area (Å²) in [4.78, 5) is 51.4. The fraction of sp³-hybridized carbons (Fsp3) is 0.680. The van der Waals surface area contributed by atoms with Gasteiger partial charge in [0.2, 0.25) is 0 Å². The summed E-state index contributed by atoms with van der Waals surface area (Å²) in [5.41, 5.74) is 0. The Labute approximate surface area is 528 Å². The Kier molecular flexibility index (Phi) is 56.5. The van der Waals surface area contributed by atoms with Gasteiger partial charge in [-0.25, -0.2) is 4.79 Å². The second-order valence-corrected chi connectivity index (χ2v) is 23.1. The third kappa shape index (κ3) is 50.7. The number of esters is 3. The molecule has 6 atom stereocenters. The van der Waals surface area contributed by atoms with E-state index in [1.807, 2.05) is 18.2 Å². The highest BCUT2D eigenvalue weighted by Gasteiger charge is 2.50. The minimum Gasteiger partial charge on any atom is -0.479 e. The molecule has 87 heavy (non-hydrogen) atoms. The summed E-state index contributed by atoms with van der Waals surface area (Å²) in [7, 11) is 0. The standard InChI is InChI=1S/C75H122O12/c1-4-7-10-13-16-19-22-25-28-31-34-37-40-43-46-49-52-55-58-61-67(76)83-64-66(85-68(77)62-59-56-53-50-47-44-41-38-35-32-29-26-23-20-17-14-11-8-5-2)65-84-75-73(71(80)70(79)72(87-75)74(81)82)86-69(78)63-60-57-54-51-48-45-42-39-36-33-30-27-24-21-18-15-12-9-6-3/h7,9-10,12,16,18-19,21,25,27-28,30,34,36-37,39,45,48,54,57,66,70-73,75,79-80H,4-6,8,11,13-15,17,20,22-24,26,29,31-33,35,38,40-44,46-47,49-53,55-56,58-65H2,1-3H3,(H,81,82)/b10-7-,12-9-,19-16-,21-18-,28-25-,30-27-,37-34-,39-36-,48-45-,57-54-. The fourth-order valence-electron chi connectivity index (χ4n) is 9.86. The molecule has 0 spiro atoms. The molecular weight excluding hydrogens is 1090 g/mol. The summed E-state index contributed by atoms with van der Waals surface area (Å²) in [6.07, 6.45) is 73.1. The van der Waals surface area contributed by atoms with Crippen molar-refractivity contribution >= 4 is 23.9 Å². The van der Waals surface area contributed by atoms with Gasteiger partial charge in [0.15, 0.2) is 24.6 Å². The maximum atomic E-state index is 13.2. The number of ether oxygens (including phenoxy) is 5. The zero-order valence-electron chi connectivity index (χ0n) is 54.7. The Balaban J connectivity index is 2.69. The minimum absolute atomic E-state index is 0.0705. The summed E-state index contributed by atoms with van der Waals surface area (Å²) in [6, 6.07) is 0. The van der Waals surface area contributed by atoms with Crippen molar-refractivity contribution in [2.24, 2.45) is 0 Å². The van der Waals surface area contributed by atoms with E-state index >= 15 is 0 Å². The van der Waals surface area contributed by atoms with E-state index in [2.05, 4.69) is 124 Å². The molecule has 12 nitrogen and oxygen atoms in total. The molecule has 0 amide bonds. The number of carboxylic acid groups (broad SMARTS) is 1. The van der Waals surface area contributed by atoms with E-state index in [-0.39, 0.29) is 25.9 Å². The molecule has 0 aromatic rings. The lowest BCUT2D eigenvalue weighted by atomic mass is 9.98. The van der Waals surface area contributed by atoms with Crippen molar-refractivity contribution in [3.63, 3.8) is 0 Å². The number of aliphatic hydroxyl groups is 2. The largest absolute Gasteiger partial charge is 0.479 e. The summed E-state index contributed by atoms with van der Waals surface area (Å²) in [5, 5.41) is 31.6. The van der Waals surface area contributed by atoms with Crippen LogP contribution >= 0.6 is 0 Å². The Morgan fingerprint density at radius 2 is 0.747 bits per heavy atom. The molecule has 1 aliphatic heterocycles. The first-order valence-corrected chi connectivity index (χ1v) is 34.5. The van der Waals surface area contributed by atoms with Crippen LogP contribution in [0.15, 0.2) is 122 Å². The van der Waals surface area contributed by atoms with Crippen LogP contribution in [0.2, 0.25) is 0 Å². The molecule has 494 valence electrons. The monoisotopic (exact) mass is 1210 g/mol. The van der Waals surface area contributed by atoms with Crippen molar-refractivity contribution in [3.05, 3.63) is 122 Å². The number of carbonyl (C=O) groups is 4. The third-order valence-corrected chi connectivity index (χ3v) is 15.0. The molecule has 12 heteroatoms. The highest BCUT2D eigenvalue weighted by atomic mass is 16.7. The lowest BCUT2D eigenvalue weighted by Crippen LogP contribution is -2.61. The lowest BCUT2D eigenvalue weighted by molar-refractivity contribution is -0.301. The van der Waals surface area contributed by atoms with Crippen molar-refractivity contribution in [1.29, 1.82) is 0 Å². The van der Waals surface area contributed by atoms with Gasteiger partial charge in [-0.2, -0.15) is 0 Å². The van der Waals surface area contributed by atoms with E-state index in [1.165, 1.54) is 96.3 Å². The van der Waals surface area contributed by atoms with Gasteiger partial charge in [-0.15, -0.1) is 0 Å². The predicted octanol–water partition coefficient (Wildman–Crippen LogP) is 19.1. The molecule has 0 radical (unpaired) electrons.